The van der Waals surface area contributed by atoms with E-state index in [1.165, 1.54) is 0 Å². The fraction of sp³-hybridized carbons (Fsp3) is 0.207. The van der Waals surface area contributed by atoms with E-state index in [4.69, 9.17) is 32.7 Å². The van der Waals surface area contributed by atoms with Crippen LogP contribution in [0.1, 0.15) is 29.3 Å². The third kappa shape index (κ3) is 5.44. The average Bonchev–Trinajstić information content (AvgIpc) is 3.60. The molecule has 1 atom stereocenters. The minimum absolute atomic E-state index is 0.375. The lowest BCUT2D eigenvalue weighted by Gasteiger charge is -2.35. The molecule has 5 aromatic rings. The molecule has 0 fully saturated rings. The van der Waals surface area contributed by atoms with Crippen LogP contribution >= 0.6 is 23.2 Å². The van der Waals surface area contributed by atoms with Crippen molar-refractivity contribution in [2.24, 2.45) is 0 Å². The van der Waals surface area contributed by atoms with Crippen LogP contribution in [0.3, 0.4) is 0 Å². The molecule has 0 bridgehead atoms. The van der Waals surface area contributed by atoms with Crippen LogP contribution < -0.4 is 9.47 Å². The van der Waals surface area contributed by atoms with Gasteiger partial charge in [0.25, 0.3) is 0 Å². The van der Waals surface area contributed by atoms with Gasteiger partial charge in [-0.05, 0) is 72.1 Å². The van der Waals surface area contributed by atoms with E-state index >= 15 is 0 Å². The summed E-state index contributed by atoms with van der Waals surface area (Å²) >= 11 is 12.3. The van der Waals surface area contributed by atoms with E-state index in [1.54, 1.807) is 46.4 Å². The number of amides is 1. The summed E-state index contributed by atoms with van der Waals surface area (Å²) in [6.45, 7) is 1.71. The van der Waals surface area contributed by atoms with E-state index in [-0.39, 0.29) is 6.04 Å². The van der Waals surface area contributed by atoms with E-state index in [1.807, 2.05) is 42.5 Å². The first-order valence-corrected chi connectivity index (χ1v) is 13.4. The molecule has 3 heterocycles. The minimum Gasteiger partial charge on any atom is -0.494 e. The Hall–Kier alpha value is -4.01. The average molecular weight is 562 g/mol. The lowest BCUT2D eigenvalue weighted by Crippen LogP contribution is -2.42. The van der Waals surface area contributed by atoms with Crippen molar-refractivity contribution in [2.45, 2.75) is 25.4 Å². The number of carbonyl (C=O) groups excluding carboxylic acids is 1. The Morgan fingerprint density at radius 1 is 0.949 bits per heavy atom. The van der Waals surface area contributed by atoms with Crippen LogP contribution in [0.15, 0.2) is 79.1 Å². The molecule has 1 aliphatic rings. The van der Waals surface area contributed by atoms with Gasteiger partial charge in [-0.25, -0.2) is 4.79 Å². The highest BCUT2D eigenvalue weighted by Gasteiger charge is 2.35. The van der Waals surface area contributed by atoms with Gasteiger partial charge in [0.15, 0.2) is 0 Å². The van der Waals surface area contributed by atoms with Gasteiger partial charge < -0.3 is 14.5 Å². The monoisotopic (exact) mass is 561 g/mol. The molecule has 1 aliphatic heterocycles. The summed E-state index contributed by atoms with van der Waals surface area (Å²) in [6, 6.07) is 20.0. The molecule has 10 heteroatoms. The molecule has 3 aromatic carbocycles. The smallest absolute Gasteiger partial charge is 0.416 e. The fourth-order valence-corrected chi connectivity index (χ4v) is 5.27. The summed E-state index contributed by atoms with van der Waals surface area (Å²) in [5.74, 6) is 1.19. The van der Waals surface area contributed by atoms with Crippen molar-refractivity contribution in [1.29, 1.82) is 0 Å². The van der Waals surface area contributed by atoms with E-state index in [2.05, 4.69) is 15.2 Å². The number of hydrogen-bond acceptors (Lipinski definition) is 5. The zero-order chi connectivity index (χ0) is 26.8. The van der Waals surface area contributed by atoms with E-state index in [0.29, 0.717) is 41.9 Å². The maximum atomic E-state index is 13.5. The number of H-pyrrole nitrogens is 1. The Morgan fingerprint density at radius 2 is 1.67 bits per heavy atom. The van der Waals surface area contributed by atoms with Crippen LogP contribution in [-0.2, 0) is 13.0 Å². The molecule has 0 saturated carbocycles. The molecular formula is C29H25Cl2N5O3. The molecule has 198 valence electrons. The zero-order valence-electron chi connectivity index (χ0n) is 20.9. The first kappa shape index (κ1) is 25.3. The quantitative estimate of drug-likeness (QED) is 0.224. The number of halogens is 2. The highest BCUT2D eigenvalue weighted by Crippen LogP contribution is 2.40. The zero-order valence-corrected chi connectivity index (χ0v) is 22.4. The lowest BCUT2D eigenvalue weighted by atomic mass is 9.92. The van der Waals surface area contributed by atoms with Crippen LogP contribution in [-0.4, -0.2) is 44.1 Å². The third-order valence-electron chi connectivity index (χ3n) is 6.78. The summed E-state index contributed by atoms with van der Waals surface area (Å²) in [5, 5.41) is 10.5. The van der Waals surface area contributed by atoms with Crippen LogP contribution in [0.2, 0.25) is 10.0 Å². The first-order valence-electron chi connectivity index (χ1n) is 12.7. The maximum Gasteiger partial charge on any atom is 0.416 e. The Kier molecular flexibility index (Phi) is 7.13. The molecule has 0 unspecified atom stereocenters. The normalized spacial score (nSPS) is 14.8. The molecule has 2 aromatic heterocycles. The van der Waals surface area contributed by atoms with Crippen molar-refractivity contribution in [3.05, 3.63) is 106 Å². The van der Waals surface area contributed by atoms with Gasteiger partial charge in [-0.15, -0.1) is 0 Å². The number of aromatic nitrogens is 4. The number of rotatable bonds is 7. The van der Waals surface area contributed by atoms with E-state index < -0.39 is 6.09 Å². The molecule has 1 N–H and O–H groups in total. The topological polar surface area (TPSA) is 85.3 Å². The van der Waals surface area contributed by atoms with Gasteiger partial charge in [-0.2, -0.15) is 15.0 Å². The van der Waals surface area contributed by atoms with Gasteiger partial charge in [-0.3, -0.25) is 4.90 Å². The van der Waals surface area contributed by atoms with Crippen molar-refractivity contribution in [3.8, 4) is 11.5 Å². The second kappa shape index (κ2) is 11.0. The molecule has 0 saturated heterocycles. The molecule has 8 nitrogen and oxygen atoms in total. The van der Waals surface area contributed by atoms with E-state index in [0.717, 1.165) is 39.9 Å². The molecule has 6 rings (SSSR count). The number of aromatic amines is 1. The summed E-state index contributed by atoms with van der Waals surface area (Å²) in [5.41, 5.74) is 4.02. The van der Waals surface area contributed by atoms with Gasteiger partial charge in [0, 0.05) is 39.6 Å². The number of ether oxygens (including phenoxy) is 2. The van der Waals surface area contributed by atoms with Crippen molar-refractivity contribution >= 4 is 40.2 Å². The number of nitrogens with zero attached hydrogens (tertiary/aromatic N) is 4. The standard InChI is InChI=1S/C29H25Cl2N5O3/c30-20-4-9-23(10-5-20)39-29(37)35-16-12-24-25-18-21(31)6-11-26(25)34-27(24)28(35)19-2-7-22(8-3-19)38-17-1-15-36-32-13-14-33-36/h2-11,13-14,18,28,34H,1,12,15-17H2/t28-/m1/s1. The first-order chi connectivity index (χ1) is 19.0. The maximum absolute atomic E-state index is 13.5. The van der Waals surface area contributed by atoms with Gasteiger partial charge in [0.05, 0.1) is 25.5 Å². The van der Waals surface area contributed by atoms with Crippen molar-refractivity contribution in [3.63, 3.8) is 0 Å². The Balaban J connectivity index is 1.26. The van der Waals surface area contributed by atoms with Crippen LogP contribution in [0.25, 0.3) is 10.9 Å². The number of carbonyl (C=O) groups is 1. The number of aryl methyl sites for hydroxylation is 1. The van der Waals surface area contributed by atoms with E-state index in [9.17, 15) is 4.79 Å². The fourth-order valence-electron chi connectivity index (χ4n) is 4.97. The van der Waals surface area contributed by atoms with Crippen LogP contribution in [0.4, 0.5) is 4.79 Å². The van der Waals surface area contributed by atoms with Crippen LogP contribution in [0, 0.1) is 0 Å². The molecule has 39 heavy (non-hydrogen) atoms. The third-order valence-corrected chi connectivity index (χ3v) is 7.26. The van der Waals surface area contributed by atoms with Gasteiger partial charge in [0.1, 0.15) is 17.5 Å². The summed E-state index contributed by atoms with van der Waals surface area (Å²) in [4.78, 5) is 20.4. The lowest BCUT2D eigenvalue weighted by molar-refractivity contribution is 0.135. The Bertz CT molecular complexity index is 1580. The number of hydrogen-bond donors (Lipinski definition) is 1. The SMILES string of the molecule is O=C(Oc1ccc(Cl)cc1)N1CCc2c([nH]c3ccc(Cl)cc23)[C@H]1c1ccc(OCCCn2nccn2)cc1. The largest absolute Gasteiger partial charge is 0.494 e. The van der Waals surface area contributed by atoms with Crippen molar-refractivity contribution in [1.82, 2.24) is 24.9 Å². The van der Waals surface area contributed by atoms with Crippen molar-refractivity contribution < 1.29 is 14.3 Å². The summed E-state index contributed by atoms with van der Waals surface area (Å²) in [6.07, 6.45) is 4.34. The molecular weight excluding hydrogens is 537 g/mol. The summed E-state index contributed by atoms with van der Waals surface area (Å²) < 4.78 is 11.7. The van der Waals surface area contributed by atoms with Gasteiger partial charge in [0.2, 0.25) is 0 Å². The minimum atomic E-state index is -0.433. The molecule has 1 amide bonds. The summed E-state index contributed by atoms with van der Waals surface area (Å²) in [7, 11) is 0. The number of benzene rings is 3. The molecule has 0 aliphatic carbocycles. The molecule has 0 radical (unpaired) electrons. The van der Waals surface area contributed by atoms with Gasteiger partial charge >= 0.3 is 6.09 Å². The number of fused-ring (bicyclic) bond motifs is 3. The second-order valence-corrected chi connectivity index (χ2v) is 10.1. The predicted octanol–water partition coefficient (Wildman–Crippen LogP) is 6.68. The van der Waals surface area contributed by atoms with Crippen molar-refractivity contribution in [2.75, 3.05) is 13.2 Å². The number of nitrogens with one attached hydrogen (secondary N) is 1. The highest BCUT2D eigenvalue weighted by molar-refractivity contribution is 6.31. The van der Waals surface area contributed by atoms with Crippen LogP contribution in [0.5, 0.6) is 11.5 Å². The highest BCUT2D eigenvalue weighted by atomic mass is 35.5. The Labute approximate surface area is 235 Å². The predicted molar refractivity (Wildman–Crippen MR) is 150 cm³/mol. The Morgan fingerprint density at radius 3 is 2.44 bits per heavy atom. The van der Waals surface area contributed by atoms with Gasteiger partial charge in [-0.1, -0.05) is 35.3 Å². The molecule has 0 spiro atoms. The second-order valence-electron chi connectivity index (χ2n) is 9.27.